The number of carbonyl (C=O) groups excluding carboxylic acids is 4. The smallest absolute Gasteiger partial charge is 0.257 e. The first-order valence-corrected chi connectivity index (χ1v) is 11.7. The van der Waals surface area contributed by atoms with E-state index < -0.39 is 17.8 Å². The van der Waals surface area contributed by atoms with Gasteiger partial charge in [0.05, 0.1) is 12.1 Å². The number of amides is 4. The molecule has 1 atom stereocenters. The number of imide groups is 1. The van der Waals surface area contributed by atoms with Gasteiger partial charge in [0.25, 0.3) is 11.8 Å². The Labute approximate surface area is 197 Å². The molecule has 0 spiro atoms. The second kappa shape index (κ2) is 10.2. The van der Waals surface area contributed by atoms with Crippen molar-refractivity contribution in [2.75, 3.05) is 10.2 Å². The van der Waals surface area contributed by atoms with Gasteiger partial charge in [-0.1, -0.05) is 25.7 Å². The highest BCUT2D eigenvalue weighted by Gasteiger charge is 2.46. The van der Waals surface area contributed by atoms with Gasteiger partial charge in [0.15, 0.2) is 0 Å². The largest absolute Gasteiger partial charge is 0.326 e. The van der Waals surface area contributed by atoms with Crippen molar-refractivity contribution in [3.8, 4) is 0 Å². The lowest BCUT2D eigenvalue weighted by atomic mass is 10.0. The molecule has 2 fully saturated rings. The number of rotatable bonds is 5. The van der Waals surface area contributed by atoms with E-state index in [0.29, 0.717) is 16.9 Å². The van der Waals surface area contributed by atoms with Crippen LogP contribution in [0.4, 0.5) is 15.8 Å². The molecule has 0 bridgehead atoms. The van der Waals surface area contributed by atoms with E-state index in [-0.39, 0.29) is 30.2 Å². The summed E-state index contributed by atoms with van der Waals surface area (Å²) in [5.74, 6) is -1.86. The summed E-state index contributed by atoms with van der Waals surface area (Å²) in [4.78, 5) is 54.0. The summed E-state index contributed by atoms with van der Waals surface area (Å²) in [6, 6.07) is 10.7. The molecule has 7 nitrogen and oxygen atoms in total. The van der Waals surface area contributed by atoms with E-state index in [1.807, 2.05) is 0 Å². The summed E-state index contributed by atoms with van der Waals surface area (Å²) in [6.45, 7) is 1.40. The molecule has 1 N–H and O–H groups in total. The second-order valence-corrected chi connectivity index (χ2v) is 8.88. The van der Waals surface area contributed by atoms with Crippen LogP contribution in [-0.4, -0.2) is 40.6 Å². The molecule has 0 aromatic heterocycles. The van der Waals surface area contributed by atoms with Gasteiger partial charge in [-0.15, -0.1) is 0 Å². The second-order valence-electron chi connectivity index (χ2n) is 8.88. The van der Waals surface area contributed by atoms with Crippen molar-refractivity contribution in [2.24, 2.45) is 0 Å². The van der Waals surface area contributed by atoms with Crippen molar-refractivity contribution in [1.82, 2.24) is 4.90 Å². The molecule has 178 valence electrons. The lowest BCUT2D eigenvalue weighted by Crippen LogP contribution is -2.50. The molecule has 0 radical (unpaired) electrons. The summed E-state index contributed by atoms with van der Waals surface area (Å²) in [7, 11) is 0. The Morgan fingerprint density at radius 1 is 0.941 bits per heavy atom. The fourth-order valence-corrected chi connectivity index (χ4v) is 4.84. The Balaban J connectivity index is 1.63. The molecule has 4 amide bonds. The summed E-state index contributed by atoms with van der Waals surface area (Å²) in [6.07, 6.45) is 5.45. The average Bonchev–Trinajstić information content (AvgIpc) is 2.97. The van der Waals surface area contributed by atoms with Crippen molar-refractivity contribution >= 4 is 35.0 Å². The fourth-order valence-electron chi connectivity index (χ4n) is 4.84. The lowest BCUT2D eigenvalue weighted by Gasteiger charge is -2.35. The SMILES string of the molecule is CC(=O)Nc1ccc(N2C(=O)CC(N(C(=O)c3ccc(F)cc3)C3CCCCCC3)C2=O)cc1. The highest BCUT2D eigenvalue weighted by atomic mass is 19.1. The van der Waals surface area contributed by atoms with Gasteiger partial charge in [-0.05, 0) is 61.4 Å². The van der Waals surface area contributed by atoms with Gasteiger partial charge in [0, 0.05) is 24.2 Å². The molecule has 4 rings (SSSR count). The van der Waals surface area contributed by atoms with Crippen LogP contribution in [0.25, 0.3) is 0 Å². The maximum Gasteiger partial charge on any atom is 0.257 e. The molecule has 1 unspecified atom stereocenters. The topological polar surface area (TPSA) is 86.8 Å². The maximum absolute atomic E-state index is 13.6. The number of nitrogens with zero attached hydrogens (tertiary/aromatic N) is 2. The van der Waals surface area contributed by atoms with E-state index in [1.54, 1.807) is 29.2 Å². The number of benzene rings is 2. The van der Waals surface area contributed by atoms with Gasteiger partial charge in [-0.25, -0.2) is 9.29 Å². The Hall–Kier alpha value is -3.55. The number of carbonyl (C=O) groups is 4. The van der Waals surface area contributed by atoms with E-state index in [0.717, 1.165) is 43.4 Å². The first-order valence-electron chi connectivity index (χ1n) is 11.7. The number of hydrogen-bond donors (Lipinski definition) is 1. The molecule has 1 saturated carbocycles. The van der Waals surface area contributed by atoms with Crippen LogP contribution in [0, 0.1) is 5.82 Å². The van der Waals surface area contributed by atoms with Crippen LogP contribution in [-0.2, 0) is 14.4 Å². The molecule has 34 heavy (non-hydrogen) atoms. The first kappa shape index (κ1) is 23.6. The highest BCUT2D eigenvalue weighted by Crippen LogP contribution is 2.32. The first-order chi connectivity index (χ1) is 16.3. The standard InChI is InChI=1S/C26H28FN3O4/c1-17(31)28-20-12-14-22(15-13-20)30-24(32)16-23(26(30)34)29(21-6-4-2-3-5-7-21)25(33)18-8-10-19(27)11-9-18/h8-15,21,23H,2-7,16H2,1H3,(H,28,31). The summed E-state index contributed by atoms with van der Waals surface area (Å²) in [5.41, 5.74) is 1.24. The highest BCUT2D eigenvalue weighted by molar-refractivity contribution is 6.23. The maximum atomic E-state index is 13.6. The Morgan fingerprint density at radius 3 is 2.15 bits per heavy atom. The predicted octanol–water partition coefficient (Wildman–Crippen LogP) is 4.28. The Bertz CT molecular complexity index is 1080. The number of hydrogen-bond acceptors (Lipinski definition) is 4. The third-order valence-electron chi connectivity index (χ3n) is 6.45. The van der Waals surface area contributed by atoms with Crippen LogP contribution in [0.15, 0.2) is 48.5 Å². The van der Waals surface area contributed by atoms with E-state index in [9.17, 15) is 23.6 Å². The van der Waals surface area contributed by atoms with Gasteiger partial charge < -0.3 is 10.2 Å². The monoisotopic (exact) mass is 465 g/mol. The molecular formula is C26H28FN3O4. The number of anilines is 2. The molecule has 2 aliphatic rings. The lowest BCUT2D eigenvalue weighted by molar-refractivity contribution is -0.123. The van der Waals surface area contributed by atoms with Crippen LogP contribution < -0.4 is 10.2 Å². The van der Waals surface area contributed by atoms with Gasteiger partial charge in [0.1, 0.15) is 11.9 Å². The van der Waals surface area contributed by atoms with Crippen LogP contribution in [0.3, 0.4) is 0 Å². The van der Waals surface area contributed by atoms with Crippen molar-refractivity contribution in [1.29, 1.82) is 0 Å². The van der Waals surface area contributed by atoms with Crippen molar-refractivity contribution in [2.45, 2.75) is 64.0 Å². The fraction of sp³-hybridized carbons (Fsp3) is 0.385. The van der Waals surface area contributed by atoms with Crippen molar-refractivity contribution < 1.29 is 23.6 Å². The van der Waals surface area contributed by atoms with E-state index >= 15 is 0 Å². The van der Waals surface area contributed by atoms with Gasteiger partial charge in [0.2, 0.25) is 11.8 Å². The minimum Gasteiger partial charge on any atom is -0.326 e. The summed E-state index contributed by atoms with van der Waals surface area (Å²) in [5, 5.41) is 2.65. The molecule has 2 aromatic rings. The minimum absolute atomic E-state index is 0.101. The third-order valence-corrected chi connectivity index (χ3v) is 6.45. The van der Waals surface area contributed by atoms with Gasteiger partial charge in [-0.3, -0.25) is 19.2 Å². The normalized spacial score (nSPS) is 19.1. The van der Waals surface area contributed by atoms with Crippen molar-refractivity contribution in [3.05, 3.63) is 59.9 Å². The van der Waals surface area contributed by atoms with Crippen molar-refractivity contribution in [3.63, 3.8) is 0 Å². The molecular weight excluding hydrogens is 437 g/mol. The average molecular weight is 466 g/mol. The molecule has 1 aliphatic carbocycles. The zero-order valence-corrected chi connectivity index (χ0v) is 19.1. The minimum atomic E-state index is -0.914. The third kappa shape index (κ3) is 5.00. The molecule has 1 heterocycles. The number of nitrogens with one attached hydrogen (secondary N) is 1. The van der Waals surface area contributed by atoms with E-state index in [4.69, 9.17) is 0 Å². The quantitative estimate of drug-likeness (QED) is 0.528. The van der Waals surface area contributed by atoms with E-state index in [1.165, 1.54) is 31.2 Å². The van der Waals surface area contributed by atoms with Crippen LogP contribution in [0.2, 0.25) is 0 Å². The summed E-state index contributed by atoms with van der Waals surface area (Å²) >= 11 is 0. The Kier molecular flexibility index (Phi) is 7.05. The number of halogens is 1. The van der Waals surface area contributed by atoms with Gasteiger partial charge >= 0.3 is 0 Å². The molecule has 2 aromatic carbocycles. The molecule has 1 aliphatic heterocycles. The van der Waals surface area contributed by atoms with Crippen LogP contribution >= 0.6 is 0 Å². The summed E-state index contributed by atoms with van der Waals surface area (Å²) < 4.78 is 13.5. The molecule has 8 heteroatoms. The zero-order valence-electron chi connectivity index (χ0n) is 19.1. The van der Waals surface area contributed by atoms with Crippen LogP contribution in [0.5, 0.6) is 0 Å². The Morgan fingerprint density at radius 2 is 1.56 bits per heavy atom. The van der Waals surface area contributed by atoms with Gasteiger partial charge in [-0.2, -0.15) is 0 Å². The van der Waals surface area contributed by atoms with Crippen LogP contribution in [0.1, 0.15) is 62.2 Å². The molecule has 1 saturated heterocycles. The zero-order chi connectivity index (χ0) is 24.2. The van der Waals surface area contributed by atoms with E-state index in [2.05, 4.69) is 5.32 Å². The predicted molar refractivity (Wildman–Crippen MR) is 126 cm³/mol.